The molecular weight excluding hydrogens is 536 g/mol. The lowest BCUT2D eigenvalue weighted by molar-refractivity contribution is -0.140. The second-order valence-electron chi connectivity index (χ2n) is 11.0. The van der Waals surface area contributed by atoms with E-state index in [0.29, 0.717) is 73.8 Å². The van der Waals surface area contributed by atoms with Crippen LogP contribution in [-0.2, 0) is 14.3 Å². The maximum absolute atomic E-state index is 13.6. The predicted molar refractivity (Wildman–Crippen MR) is 161 cm³/mol. The number of nitrogens with zero attached hydrogens (tertiary/aromatic N) is 2. The Hall–Kier alpha value is -3.82. The van der Waals surface area contributed by atoms with Crippen LogP contribution in [0.2, 0.25) is 0 Å². The average Bonchev–Trinajstić information content (AvgIpc) is 3.24. The highest BCUT2D eigenvalue weighted by Crippen LogP contribution is 2.42. The smallest absolute Gasteiger partial charge is 0.295 e. The fourth-order valence-electron chi connectivity index (χ4n) is 5.17. The van der Waals surface area contributed by atoms with E-state index in [4.69, 9.17) is 18.9 Å². The largest absolute Gasteiger partial charge is 0.507 e. The van der Waals surface area contributed by atoms with E-state index in [1.165, 1.54) is 0 Å². The quantitative estimate of drug-likeness (QED) is 0.158. The molecule has 1 atom stereocenters. The minimum Gasteiger partial charge on any atom is -0.507 e. The Kier molecular flexibility index (Phi) is 10.7. The van der Waals surface area contributed by atoms with E-state index in [2.05, 4.69) is 25.3 Å². The van der Waals surface area contributed by atoms with E-state index >= 15 is 0 Å². The second kappa shape index (κ2) is 14.4. The molecule has 2 saturated heterocycles. The summed E-state index contributed by atoms with van der Waals surface area (Å²) in [5.41, 5.74) is 1.89. The number of Topliss-reactive ketones (excluding diaryl/α,β-unsaturated/α-hetero) is 1. The first kappa shape index (κ1) is 31.1. The minimum atomic E-state index is -0.804. The lowest BCUT2D eigenvalue weighted by Crippen LogP contribution is -2.42. The van der Waals surface area contributed by atoms with Crippen LogP contribution in [0.5, 0.6) is 17.2 Å². The first-order chi connectivity index (χ1) is 20.2. The van der Waals surface area contributed by atoms with Gasteiger partial charge in [0, 0.05) is 31.7 Å². The normalized spacial score (nSPS) is 18.9. The number of aryl methyl sites for hydroxylation is 1. The Bertz CT molecular complexity index is 1310. The number of hydrogen-bond acceptors (Lipinski definition) is 8. The monoisotopic (exact) mass is 578 g/mol. The third-order valence-corrected chi connectivity index (χ3v) is 7.56. The highest BCUT2D eigenvalue weighted by atomic mass is 16.5. The molecule has 1 N–H and O–H groups in total. The molecule has 0 aliphatic carbocycles. The van der Waals surface area contributed by atoms with Crippen molar-refractivity contribution >= 4 is 17.4 Å². The maximum atomic E-state index is 13.6. The molecule has 42 heavy (non-hydrogen) atoms. The van der Waals surface area contributed by atoms with Crippen molar-refractivity contribution in [2.24, 2.45) is 5.92 Å². The Balaban J connectivity index is 1.73. The van der Waals surface area contributed by atoms with Crippen molar-refractivity contribution in [3.8, 4) is 17.2 Å². The summed E-state index contributed by atoms with van der Waals surface area (Å²) >= 11 is 0. The van der Waals surface area contributed by atoms with Crippen LogP contribution < -0.4 is 14.2 Å². The average molecular weight is 579 g/mol. The summed E-state index contributed by atoms with van der Waals surface area (Å²) in [6, 6.07) is 9.78. The fraction of sp³-hybridized carbons (Fsp3) is 0.455. The Morgan fingerprint density at radius 3 is 2.48 bits per heavy atom. The first-order valence-electron chi connectivity index (χ1n) is 14.5. The van der Waals surface area contributed by atoms with Gasteiger partial charge in [-0.3, -0.25) is 14.5 Å². The van der Waals surface area contributed by atoms with E-state index in [1.54, 1.807) is 48.4 Å². The van der Waals surface area contributed by atoms with Crippen LogP contribution in [-0.4, -0.2) is 86.3 Å². The standard InChI is InChI=1S/C33H42N2O7/c1-6-16-41-26-9-8-25(20-23(26)4)31(36)29-30(24-7-10-27(28(21-24)39-5)42-17-11-22(2)3)35(33(38)32(29)37)13-12-34-14-18-40-19-15-34/h6-10,20-22,30,36H,1,11-19H2,2-5H3/b31-29+. The number of ketones is 1. The molecule has 4 rings (SSSR count). The van der Waals surface area contributed by atoms with Crippen LogP contribution in [0.1, 0.15) is 43.0 Å². The van der Waals surface area contributed by atoms with Gasteiger partial charge in [-0.1, -0.05) is 32.6 Å². The number of likely N-dealkylation sites (tertiary alicyclic amines) is 1. The van der Waals surface area contributed by atoms with Gasteiger partial charge in [0.05, 0.1) is 38.5 Å². The van der Waals surface area contributed by atoms with E-state index in [9.17, 15) is 14.7 Å². The summed E-state index contributed by atoms with van der Waals surface area (Å²) in [7, 11) is 1.56. The molecule has 0 radical (unpaired) electrons. The number of morpholine rings is 1. The van der Waals surface area contributed by atoms with Crippen LogP contribution in [0.3, 0.4) is 0 Å². The van der Waals surface area contributed by atoms with Crippen LogP contribution in [0.15, 0.2) is 54.6 Å². The van der Waals surface area contributed by atoms with Crippen molar-refractivity contribution in [3.05, 3.63) is 71.3 Å². The molecule has 9 nitrogen and oxygen atoms in total. The fourth-order valence-corrected chi connectivity index (χ4v) is 5.17. The van der Waals surface area contributed by atoms with Crippen molar-refractivity contribution in [1.82, 2.24) is 9.80 Å². The highest BCUT2D eigenvalue weighted by molar-refractivity contribution is 6.46. The lowest BCUT2D eigenvalue weighted by atomic mass is 9.94. The summed E-state index contributed by atoms with van der Waals surface area (Å²) in [4.78, 5) is 30.8. The predicted octanol–water partition coefficient (Wildman–Crippen LogP) is 4.75. The van der Waals surface area contributed by atoms with Gasteiger partial charge in [-0.05, 0) is 60.7 Å². The zero-order valence-electron chi connectivity index (χ0n) is 25.1. The third kappa shape index (κ3) is 7.14. The zero-order valence-corrected chi connectivity index (χ0v) is 25.1. The maximum Gasteiger partial charge on any atom is 0.295 e. The molecule has 0 saturated carbocycles. The number of benzene rings is 2. The molecule has 2 heterocycles. The minimum absolute atomic E-state index is 0.0386. The molecule has 226 valence electrons. The van der Waals surface area contributed by atoms with Crippen molar-refractivity contribution in [2.45, 2.75) is 33.2 Å². The van der Waals surface area contributed by atoms with Crippen molar-refractivity contribution in [1.29, 1.82) is 0 Å². The van der Waals surface area contributed by atoms with Crippen LogP contribution >= 0.6 is 0 Å². The molecule has 2 aliphatic rings. The van der Waals surface area contributed by atoms with Gasteiger partial charge in [-0.2, -0.15) is 0 Å². The highest BCUT2D eigenvalue weighted by Gasteiger charge is 2.46. The number of ether oxygens (including phenoxy) is 4. The van der Waals surface area contributed by atoms with Gasteiger partial charge >= 0.3 is 0 Å². The van der Waals surface area contributed by atoms with Gasteiger partial charge in [0.25, 0.3) is 11.7 Å². The van der Waals surface area contributed by atoms with E-state index in [-0.39, 0.29) is 11.3 Å². The van der Waals surface area contributed by atoms with Crippen molar-refractivity contribution in [2.75, 3.05) is 59.7 Å². The summed E-state index contributed by atoms with van der Waals surface area (Å²) in [6.07, 6.45) is 2.55. The van der Waals surface area contributed by atoms with Crippen LogP contribution in [0, 0.1) is 12.8 Å². The summed E-state index contributed by atoms with van der Waals surface area (Å²) in [5, 5.41) is 11.6. The second-order valence-corrected chi connectivity index (χ2v) is 11.0. The Morgan fingerprint density at radius 2 is 1.81 bits per heavy atom. The molecule has 2 aliphatic heterocycles. The summed E-state index contributed by atoms with van der Waals surface area (Å²) in [5.74, 6) is 0.614. The van der Waals surface area contributed by atoms with E-state index in [0.717, 1.165) is 25.1 Å². The molecular formula is C33H42N2O7. The zero-order chi connectivity index (χ0) is 30.2. The number of hydrogen-bond donors (Lipinski definition) is 1. The van der Waals surface area contributed by atoms with Crippen LogP contribution in [0.4, 0.5) is 0 Å². The molecule has 0 bridgehead atoms. The van der Waals surface area contributed by atoms with E-state index < -0.39 is 17.7 Å². The number of amides is 1. The molecule has 1 unspecified atom stereocenters. The number of aliphatic hydroxyl groups excluding tert-OH is 1. The molecule has 2 aromatic carbocycles. The molecule has 0 spiro atoms. The number of methoxy groups -OCH3 is 1. The Labute approximate surface area is 248 Å². The molecule has 0 aromatic heterocycles. The SMILES string of the molecule is C=CCOc1ccc(/C(O)=C2\C(=O)C(=O)N(CCN3CCOCC3)C2c2ccc(OCCC(C)C)c(OC)c2)cc1C. The number of carbonyl (C=O) groups excluding carboxylic acids is 2. The summed E-state index contributed by atoms with van der Waals surface area (Å²) in [6.45, 7) is 14.3. The van der Waals surface area contributed by atoms with Gasteiger partial charge in [0.15, 0.2) is 11.5 Å². The van der Waals surface area contributed by atoms with Gasteiger partial charge in [-0.15, -0.1) is 0 Å². The van der Waals surface area contributed by atoms with Gasteiger partial charge in [-0.25, -0.2) is 0 Å². The Morgan fingerprint density at radius 1 is 1.07 bits per heavy atom. The molecule has 2 fully saturated rings. The third-order valence-electron chi connectivity index (χ3n) is 7.56. The summed E-state index contributed by atoms with van der Waals surface area (Å²) < 4.78 is 22.8. The molecule has 1 amide bonds. The number of carbonyl (C=O) groups is 2. The van der Waals surface area contributed by atoms with Gasteiger partial charge in [0.2, 0.25) is 0 Å². The van der Waals surface area contributed by atoms with Crippen LogP contribution in [0.25, 0.3) is 5.76 Å². The van der Waals surface area contributed by atoms with Crippen molar-refractivity contribution < 1.29 is 33.6 Å². The number of rotatable bonds is 13. The van der Waals surface area contributed by atoms with Gasteiger partial charge in [0.1, 0.15) is 18.1 Å². The van der Waals surface area contributed by atoms with Crippen molar-refractivity contribution in [3.63, 3.8) is 0 Å². The first-order valence-corrected chi connectivity index (χ1v) is 14.5. The molecule has 2 aromatic rings. The number of aliphatic hydroxyl groups is 1. The molecule has 9 heteroatoms. The topological polar surface area (TPSA) is 97.8 Å². The van der Waals surface area contributed by atoms with E-state index in [1.807, 2.05) is 13.0 Å². The van der Waals surface area contributed by atoms with Gasteiger partial charge < -0.3 is 29.0 Å². The lowest BCUT2D eigenvalue weighted by Gasteiger charge is -2.31.